The molecular formula is C51H83N5O22. The summed E-state index contributed by atoms with van der Waals surface area (Å²) in [6.45, 7) is 6.93. The van der Waals surface area contributed by atoms with E-state index in [1.807, 2.05) is 4.98 Å². The Hall–Kier alpha value is -4.49. The summed E-state index contributed by atoms with van der Waals surface area (Å²) in [7, 11) is 6.87. The van der Waals surface area contributed by atoms with E-state index in [1.54, 1.807) is 13.8 Å². The largest absolute Gasteiger partial charge is 0.480 e. The Labute approximate surface area is 452 Å². The van der Waals surface area contributed by atoms with Crippen LogP contribution in [0.1, 0.15) is 105 Å². The molecule has 0 radical (unpaired) electrons. The van der Waals surface area contributed by atoms with Gasteiger partial charge < -0.3 is 83.5 Å². The maximum Gasteiger partial charge on any atom is 0.330 e. The predicted molar refractivity (Wildman–Crippen MR) is 270 cm³/mol. The van der Waals surface area contributed by atoms with Gasteiger partial charge in [0.15, 0.2) is 18.6 Å². The lowest BCUT2D eigenvalue weighted by molar-refractivity contribution is -0.297. The molecule has 1 amide bonds. The van der Waals surface area contributed by atoms with Crippen molar-refractivity contribution in [2.45, 2.75) is 209 Å². The van der Waals surface area contributed by atoms with Crippen molar-refractivity contribution >= 4 is 29.8 Å². The number of ether oxygens (including phenoxy) is 10. The summed E-state index contributed by atoms with van der Waals surface area (Å²) in [5.41, 5.74) is 3.94. The molecule has 4 aliphatic heterocycles. The minimum atomic E-state index is -1.97. The van der Waals surface area contributed by atoms with Crippen molar-refractivity contribution in [2.75, 3.05) is 48.5 Å². The van der Waals surface area contributed by atoms with Crippen LogP contribution < -0.4 is 17.0 Å². The number of hydrogen-bond acceptors (Lipinski definition) is 23. The number of carbonyl (C=O) groups excluding carboxylic acids is 4. The zero-order chi connectivity index (χ0) is 57.7. The van der Waals surface area contributed by atoms with E-state index in [0.717, 1.165) is 67.3 Å². The molecule has 78 heavy (non-hydrogen) atoms. The quantitative estimate of drug-likeness (QED) is 0.0298. The minimum absolute atomic E-state index is 0.216. The molecule has 5 heterocycles. The monoisotopic (exact) mass is 1120 g/mol. The van der Waals surface area contributed by atoms with Gasteiger partial charge in [0.2, 0.25) is 12.2 Å². The van der Waals surface area contributed by atoms with Crippen molar-refractivity contribution in [3.05, 3.63) is 33.1 Å². The molecule has 0 bridgehead atoms. The lowest BCUT2D eigenvalue weighted by Crippen LogP contribution is -2.59. The van der Waals surface area contributed by atoms with Crippen LogP contribution in [-0.2, 0) is 71.3 Å². The molecule has 5 rings (SSSR count). The number of rotatable bonds is 28. The van der Waals surface area contributed by atoms with Crippen LogP contribution in [0.4, 0.5) is 0 Å². The number of carboxylic acid groups (broad SMARTS) is 1. The van der Waals surface area contributed by atoms with E-state index in [1.165, 1.54) is 33.3 Å². The van der Waals surface area contributed by atoms with Crippen LogP contribution in [0.3, 0.4) is 0 Å². The minimum Gasteiger partial charge on any atom is -0.480 e. The summed E-state index contributed by atoms with van der Waals surface area (Å²) in [5, 5.41) is 55.1. The van der Waals surface area contributed by atoms with Gasteiger partial charge in [0.1, 0.15) is 79.3 Å². The third-order valence-corrected chi connectivity index (χ3v) is 14.8. The van der Waals surface area contributed by atoms with E-state index < -0.39 is 170 Å². The van der Waals surface area contributed by atoms with Crippen molar-refractivity contribution < 1.29 is 96.9 Å². The smallest absolute Gasteiger partial charge is 0.330 e. The third-order valence-electron chi connectivity index (χ3n) is 14.8. The second-order valence-electron chi connectivity index (χ2n) is 21.2. The summed E-state index contributed by atoms with van der Waals surface area (Å²) in [6, 6.07) is -2.60. The molecule has 8 N–H and O–H groups in total. The highest BCUT2D eigenvalue weighted by Crippen LogP contribution is 2.37. The van der Waals surface area contributed by atoms with Gasteiger partial charge in [0.05, 0.1) is 12.5 Å². The molecule has 11 unspecified atom stereocenters. The summed E-state index contributed by atoms with van der Waals surface area (Å²) in [5.74, 6) is -4.99. The van der Waals surface area contributed by atoms with Crippen LogP contribution >= 0.6 is 0 Å². The Morgan fingerprint density at radius 1 is 0.756 bits per heavy atom. The first-order valence-electron chi connectivity index (χ1n) is 26.7. The van der Waals surface area contributed by atoms with Crippen LogP contribution in [0.15, 0.2) is 21.9 Å². The first-order valence-corrected chi connectivity index (χ1v) is 26.7. The lowest BCUT2D eigenvalue weighted by atomic mass is 9.97. The number of nitrogens with one attached hydrogen (secondary N) is 1. The second-order valence-corrected chi connectivity index (χ2v) is 21.2. The number of nitrogens with zero attached hydrogens (tertiary/aromatic N) is 3. The zero-order valence-corrected chi connectivity index (χ0v) is 46.0. The number of aromatic amines is 1. The lowest BCUT2D eigenvalue weighted by Gasteiger charge is -2.43. The van der Waals surface area contributed by atoms with Gasteiger partial charge in [-0.25, -0.2) is 9.59 Å². The average molecular weight is 1120 g/mol. The Balaban J connectivity index is 1.33. The SMILES string of the molecule is COC1C(C)OC(OC(=O)CC(C)CC(=O)OC(CCCCCCCCC(C)C)CC(=O)O[C@H]2CN(C)[C@@H]([C@H](O[C@@H]3O[C@H](CN)C(O)C3O)[C@H]3O[C@@H](n4ccc(=O)[nH]c4=O)C(O)C3O)C(=O)N(C)[C@@H]2C(=O)O)C(OC)C1OC. The summed E-state index contributed by atoms with van der Waals surface area (Å²) < 4.78 is 58.7. The Kier molecular flexibility index (Phi) is 24.6. The number of aliphatic hydroxyl groups excluding tert-OH is 4. The number of methoxy groups -OCH3 is 3. The van der Waals surface area contributed by atoms with E-state index in [4.69, 9.17) is 53.1 Å². The number of aliphatic carboxylic acids is 1. The van der Waals surface area contributed by atoms with Gasteiger partial charge >= 0.3 is 29.6 Å². The van der Waals surface area contributed by atoms with Gasteiger partial charge in [0.25, 0.3) is 5.56 Å². The molecular weight excluding hydrogens is 1030 g/mol. The number of unbranched alkanes of at least 4 members (excludes halogenated alkanes) is 5. The standard InChI is InChI=1S/C51H83N5O22/c1-25(2)16-14-12-10-11-13-15-17-28(73-32(58)20-26(3)21-33(59)76-50-45(71-9)44(70-8)41(69-7)27(4)72-50)22-34(60)74-30-24-54(5)36(46(65)55(6)35(30)48(66)67)42(78-49-40(64)37(61)29(23-52)75-49)43-38(62)39(63)47(77-43)56-19-18-31(57)53-51(56)68/h18-19,25-30,35-45,47,49-50,61-64H,10-17,20-24,52H2,1-9H3,(H,66,67)(H,53,57,68)/t26?,27?,28?,29-,30+,35+,36+,37?,38?,39?,40?,41?,42+,43+,44?,45?,47-,49+,50?/m1/s1. The predicted octanol–water partition coefficient (Wildman–Crippen LogP) is -1.09. The van der Waals surface area contributed by atoms with E-state index in [-0.39, 0.29) is 25.8 Å². The fourth-order valence-electron chi connectivity index (χ4n) is 10.6. The molecule has 0 spiro atoms. The number of amides is 1. The van der Waals surface area contributed by atoms with Crippen molar-refractivity contribution in [2.24, 2.45) is 17.6 Å². The Morgan fingerprint density at radius 3 is 1.96 bits per heavy atom. The summed E-state index contributed by atoms with van der Waals surface area (Å²) in [6.07, 6.45) is -15.0. The summed E-state index contributed by atoms with van der Waals surface area (Å²) >= 11 is 0. The number of carboxylic acids is 1. The third kappa shape index (κ3) is 16.3. The fraction of sp³-hybridized carbons (Fsp3) is 0.824. The number of H-pyrrole nitrogens is 1. The molecule has 27 nitrogen and oxygen atoms in total. The molecule has 4 aliphatic rings. The highest BCUT2D eigenvalue weighted by Gasteiger charge is 2.57. The normalized spacial score (nSPS) is 32.9. The zero-order valence-electron chi connectivity index (χ0n) is 46.0. The van der Waals surface area contributed by atoms with Gasteiger partial charge in [-0.1, -0.05) is 59.3 Å². The summed E-state index contributed by atoms with van der Waals surface area (Å²) in [4.78, 5) is 97.4. The van der Waals surface area contributed by atoms with Crippen molar-refractivity contribution in [1.29, 1.82) is 0 Å². The van der Waals surface area contributed by atoms with Crippen molar-refractivity contribution in [3.63, 3.8) is 0 Å². The van der Waals surface area contributed by atoms with E-state index in [2.05, 4.69) is 13.8 Å². The van der Waals surface area contributed by atoms with Gasteiger partial charge in [0, 0.05) is 66.6 Å². The van der Waals surface area contributed by atoms with Crippen LogP contribution in [0.5, 0.6) is 0 Å². The van der Waals surface area contributed by atoms with Crippen molar-refractivity contribution in [1.82, 2.24) is 19.4 Å². The molecule has 4 fully saturated rings. The number of likely N-dealkylation sites (N-methyl/N-ethyl adjacent to an activating group) is 2. The molecule has 0 saturated carbocycles. The van der Waals surface area contributed by atoms with Gasteiger partial charge in [-0.3, -0.25) is 38.4 Å². The molecule has 0 aliphatic carbocycles. The Bertz CT molecular complexity index is 2230. The van der Waals surface area contributed by atoms with Gasteiger partial charge in [-0.05, 0) is 38.6 Å². The molecule has 1 aromatic rings. The number of hydrogen-bond donors (Lipinski definition) is 7. The number of carbonyl (C=O) groups is 5. The molecule has 1 aromatic heterocycles. The molecule has 444 valence electrons. The number of nitrogens with two attached hydrogens (primary N) is 1. The van der Waals surface area contributed by atoms with E-state index in [0.29, 0.717) is 12.3 Å². The van der Waals surface area contributed by atoms with Gasteiger partial charge in [-0.2, -0.15) is 0 Å². The number of aliphatic hydroxyl groups is 4. The molecule has 0 aromatic carbocycles. The van der Waals surface area contributed by atoms with Crippen LogP contribution in [-0.4, -0.2) is 227 Å². The maximum atomic E-state index is 14.7. The Morgan fingerprint density at radius 2 is 1.37 bits per heavy atom. The second kappa shape index (κ2) is 29.8. The maximum absolute atomic E-state index is 14.7. The first-order chi connectivity index (χ1) is 37.0. The van der Waals surface area contributed by atoms with Crippen LogP contribution in [0, 0.1) is 11.8 Å². The first kappa shape index (κ1) is 64.3. The molecule has 19 atom stereocenters. The van der Waals surface area contributed by atoms with E-state index in [9.17, 15) is 59.1 Å². The fourth-order valence-corrected chi connectivity index (χ4v) is 10.6. The number of esters is 3. The highest BCUT2D eigenvalue weighted by molar-refractivity contribution is 5.88. The number of aromatic nitrogens is 2. The van der Waals surface area contributed by atoms with Gasteiger partial charge in [-0.15, -0.1) is 0 Å². The topological polar surface area (TPSA) is 366 Å². The van der Waals surface area contributed by atoms with Crippen LogP contribution in [0.2, 0.25) is 0 Å². The average Bonchev–Trinajstić information content (AvgIpc) is 3.86. The van der Waals surface area contributed by atoms with Crippen molar-refractivity contribution in [3.8, 4) is 0 Å². The van der Waals surface area contributed by atoms with Crippen LogP contribution in [0.25, 0.3) is 0 Å². The molecule has 4 saturated heterocycles. The van der Waals surface area contributed by atoms with E-state index >= 15 is 0 Å². The molecule has 27 heteroatoms. The highest BCUT2D eigenvalue weighted by atomic mass is 16.7.